The summed E-state index contributed by atoms with van der Waals surface area (Å²) in [7, 11) is 1.74. The Morgan fingerprint density at radius 3 is 2.89 bits per heavy atom. The third-order valence-electron chi connectivity index (χ3n) is 3.19. The van der Waals surface area contributed by atoms with Gasteiger partial charge in [-0.05, 0) is 37.1 Å². The molecule has 2 aromatic rings. The molecule has 0 unspecified atom stereocenters. The van der Waals surface area contributed by atoms with Crippen LogP contribution in [0.15, 0.2) is 30.6 Å². The SMILES string of the molecule is C[C@H](N)C(=O)N(C)CCc1ccn2cc(F)ccc12. The lowest BCUT2D eigenvalue weighted by atomic mass is 10.2. The fourth-order valence-electron chi connectivity index (χ4n) is 2.10. The highest BCUT2D eigenvalue weighted by atomic mass is 19.1. The Balaban J connectivity index is 2.08. The fourth-order valence-corrected chi connectivity index (χ4v) is 2.10. The van der Waals surface area contributed by atoms with Crippen LogP contribution in [0.1, 0.15) is 12.5 Å². The van der Waals surface area contributed by atoms with Crippen molar-refractivity contribution in [2.24, 2.45) is 5.73 Å². The average Bonchev–Trinajstić information content (AvgIpc) is 2.77. The van der Waals surface area contributed by atoms with Crippen LogP contribution >= 0.6 is 0 Å². The lowest BCUT2D eigenvalue weighted by Gasteiger charge is -2.18. The lowest BCUT2D eigenvalue weighted by molar-refractivity contribution is -0.130. The topological polar surface area (TPSA) is 50.7 Å². The van der Waals surface area contributed by atoms with Crippen molar-refractivity contribution >= 4 is 11.4 Å². The van der Waals surface area contributed by atoms with Gasteiger partial charge in [0.1, 0.15) is 5.82 Å². The third kappa shape index (κ3) is 2.93. The maximum atomic E-state index is 13.1. The highest BCUT2D eigenvalue weighted by Gasteiger charge is 2.13. The molecule has 5 heteroatoms. The van der Waals surface area contributed by atoms with Crippen LogP contribution in [0.3, 0.4) is 0 Å². The number of nitrogens with two attached hydrogens (primary N) is 1. The highest BCUT2D eigenvalue weighted by molar-refractivity contribution is 5.80. The van der Waals surface area contributed by atoms with E-state index in [9.17, 15) is 9.18 Å². The monoisotopic (exact) mass is 263 g/mol. The Hall–Kier alpha value is -1.88. The number of aromatic nitrogens is 1. The summed E-state index contributed by atoms with van der Waals surface area (Å²) in [5.74, 6) is -0.339. The minimum atomic E-state index is -0.482. The van der Waals surface area contributed by atoms with Gasteiger partial charge >= 0.3 is 0 Å². The first-order valence-electron chi connectivity index (χ1n) is 6.24. The molecule has 0 radical (unpaired) electrons. The van der Waals surface area contributed by atoms with Crippen LogP contribution in [0.25, 0.3) is 5.52 Å². The smallest absolute Gasteiger partial charge is 0.238 e. The van der Waals surface area contributed by atoms with Crippen LogP contribution in [0, 0.1) is 5.82 Å². The summed E-state index contributed by atoms with van der Waals surface area (Å²) in [6, 6.07) is 4.65. The molecule has 0 saturated heterocycles. The van der Waals surface area contributed by atoms with E-state index in [0.717, 1.165) is 17.5 Å². The molecule has 0 aliphatic heterocycles. The number of carbonyl (C=O) groups excluding carboxylic acids is 1. The van der Waals surface area contributed by atoms with E-state index in [-0.39, 0.29) is 11.7 Å². The first-order chi connectivity index (χ1) is 8.99. The second-order valence-electron chi connectivity index (χ2n) is 4.78. The van der Waals surface area contributed by atoms with E-state index in [1.807, 2.05) is 12.3 Å². The summed E-state index contributed by atoms with van der Waals surface area (Å²) >= 11 is 0. The van der Waals surface area contributed by atoms with Crippen LogP contribution in [0.4, 0.5) is 4.39 Å². The Morgan fingerprint density at radius 2 is 2.21 bits per heavy atom. The van der Waals surface area contributed by atoms with Gasteiger partial charge in [-0.3, -0.25) is 4.79 Å². The third-order valence-corrected chi connectivity index (χ3v) is 3.19. The molecule has 102 valence electrons. The number of hydrogen-bond acceptors (Lipinski definition) is 2. The number of fused-ring (bicyclic) bond motifs is 1. The second kappa shape index (κ2) is 5.40. The zero-order chi connectivity index (χ0) is 14.0. The molecule has 2 heterocycles. The lowest BCUT2D eigenvalue weighted by Crippen LogP contribution is -2.40. The van der Waals surface area contributed by atoms with Gasteiger partial charge in [0.05, 0.1) is 6.04 Å². The van der Waals surface area contributed by atoms with Crippen LogP contribution in [0.2, 0.25) is 0 Å². The Bertz CT molecular complexity index is 591. The van der Waals surface area contributed by atoms with Gasteiger partial charge in [0.25, 0.3) is 0 Å². The molecular formula is C14H18FN3O. The molecular weight excluding hydrogens is 245 g/mol. The first kappa shape index (κ1) is 13.5. The molecule has 0 saturated carbocycles. The maximum absolute atomic E-state index is 13.1. The molecule has 0 spiro atoms. The summed E-state index contributed by atoms with van der Waals surface area (Å²) in [4.78, 5) is 13.3. The predicted octanol–water partition coefficient (Wildman–Crippen LogP) is 1.43. The second-order valence-corrected chi connectivity index (χ2v) is 4.78. The van der Waals surface area contributed by atoms with Crippen LogP contribution in [-0.4, -0.2) is 34.8 Å². The summed E-state index contributed by atoms with van der Waals surface area (Å²) in [6.07, 6.45) is 3.98. The number of amides is 1. The molecule has 0 aromatic carbocycles. The molecule has 19 heavy (non-hydrogen) atoms. The van der Waals surface area contributed by atoms with Gasteiger partial charge in [-0.1, -0.05) is 0 Å². The summed E-state index contributed by atoms with van der Waals surface area (Å²) < 4.78 is 14.8. The Morgan fingerprint density at radius 1 is 1.47 bits per heavy atom. The van der Waals surface area contributed by atoms with Gasteiger partial charge in [0.15, 0.2) is 0 Å². The van der Waals surface area contributed by atoms with Gasteiger partial charge < -0.3 is 15.0 Å². The van der Waals surface area contributed by atoms with Crippen LogP contribution in [-0.2, 0) is 11.2 Å². The number of pyridine rings is 1. The minimum Gasteiger partial charge on any atom is -0.344 e. The quantitative estimate of drug-likeness (QED) is 0.907. The predicted molar refractivity (Wildman–Crippen MR) is 72.3 cm³/mol. The number of rotatable bonds is 4. The number of nitrogens with zero attached hydrogens (tertiary/aromatic N) is 2. The van der Waals surface area contributed by atoms with Gasteiger partial charge in [-0.2, -0.15) is 0 Å². The van der Waals surface area contributed by atoms with Gasteiger partial charge in [-0.25, -0.2) is 4.39 Å². The molecule has 0 aliphatic rings. The van der Waals surface area contributed by atoms with Crippen molar-refractivity contribution in [3.8, 4) is 0 Å². The van der Waals surface area contributed by atoms with Crippen molar-refractivity contribution in [3.63, 3.8) is 0 Å². The van der Waals surface area contributed by atoms with Crippen molar-refractivity contribution in [2.45, 2.75) is 19.4 Å². The molecule has 2 aromatic heterocycles. The van der Waals surface area contributed by atoms with E-state index in [1.165, 1.54) is 12.3 Å². The molecule has 1 atom stereocenters. The molecule has 0 bridgehead atoms. The van der Waals surface area contributed by atoms with E-state index in [1.54, 1.807) is 29.3 Å². The van der Waals surface area contributed by atoms with Crippen LogP contribution in [0.5, 0.6) is 0 Å². The Kier molecular flexibility index (Phi) is 3.85. The van der Waals surface area contributed by atoms with Crippen molar-refractivity contribution in [1.82, 2.24) is 9.30 Å². The first-order valence-corrected chi connectivity index (χ1v) is 6.24. The van der Waals surface area contributed by atoms with Gasteiger partial charge in [-0.15, -0.1) is 0 Å². The molecule has 1 amide bonds. The van der Waals surface area contributed by atoms with E-state index in [4.69, 9.17) is 5.73 Å². The highest BCUT2D eigenvalue weighted by Crippen LogP contribution is 2.14. The maximum Gasteiger partial charge on any atom is 0.238 e. The summed E-state index contributed by atoms with van der Waals surface area (Å²) in [5, 5.41) is 0. The van der Waals surface area contributed by atoms with E-state index < -0.39 is 6.04 Å². The van der Waals surface area contributed by atoms with E-state index >= 15 is 0 Å². The fraction of sp³-hybridized carbons (Fsp3) is 0.357. The van der Waals surface area contributed by atoms with E-state index in [2.05, 4.69) is 0 Å². The zero-order valence-corrected chi connectivity index (χ0v) is 11.1. The molecule has 0 aliphatic carbocycles. The average molecular weight is 263 g/mol. The molecule has 4 nitrogen and oxygen atoms in total. The van der Waals surface area contributed by atoms with Crippen molar-refractivity contribution < 1.29 is 9.18 Å². The normalized spacial score (nSPS) is 12.6. The number of likely N-dealkylation sites (N-methyl/N-ethyl adjacent to an activating group) is 1. The van der Waals surface area contributed by atoms with Crippen molar-refractivity contribution in [1.29, 1.82) is 0 Å². The molecule has 2 rings (SSSR count). The van der Waals surface area contributed by atoms with Crippen molar-refractivity contribution in [2.75, 3.05) is 13.6 Å². The summed E-state index contributed by atoms with van der Waals surface area (Å²) in [5.41, 5.74) is 7.60. The molecule has 2 N–H and O–H groups in total. The van der Waals surface area contributed by atoms with Gasteiger partial charge in [0.2, 0.25) is 5.91 Å². The minimum absolute atomic E-state index is 0.0745. The number of halogens is 1. The zero-order valence-electron chi connectivity index (χ0n) is 11.1. The molecule has 0 fully saturated rings. The van der Waals surface area contributed by atoms with E-state index in [0.29, 0.717) is 6.54 Å². The van der Waals surface area contributed by atoms with Gasteiger partial charge in [0, 0.05) is 31.5 Å². The van der Waals surface area contributed by atoms with Crippen LogP contribution < -0.4 is 5.73 Å². The summed E-state index contributed by atoms with van der Waals surface area (Å²) in [6.45, 7) is 2.27. The largest absolute Gasteiger partial charge is 0.344 e. The van der Waals surface area contributed by atoms with Crippen molar-refractivity contribution in [3.05, 3.63) is 42.0 Å². The number of carbonyl (C=O) groups is 1. The Labute approximate surface area is 111 Å². The number of hydrogen-bond donors (Lipinski definition) is 1. The standard InChI is InChI=1S/C14H18FN3O/c1-10(16)14(19)17(2)7-5-11-6-8-18-9-12(15)3-4-13(11)18/h3-4,6,8-10H,5,7,16H2,1-2H3/t10-/m0/s1.